The number of hydrogen-bond acceptors (Lipinski definition) is 4. The number of amides is 1. The average Bonchev–Trinajstić information content (AvgIpc) is 2.37. The van der Waals surface area contributed by atoms with Crippen molar-refractivity contribution in [3.63, 3.8) is 0 Å². The van der Waals surface area contributed by atoms with Gasteiger partial charge in [-0.2, -0.15) is 0 Å². The van der Waals surface area contributed by atoms with Crippen molar-refractivity contribution < 1.29 is 15.0 Å². The fourth-order valence-electron chi connectivity index (χ4n) is 1.43. The Morgan fingerprint density at radius 2 is 2.06 bits per heavy atom. The second-order valence-electron chi connectivity index (χ2n) is 4.67. The summed E-state index contributed by atoms with van der Waals surface area (Å²) < 4.78 is 0. The van der Waals surface area contributed by atoms with Crippen LogP contribution < -0.4 is 11.1 Å². The van der Waals surface area contributed by atoms with E-state index in [4.69, 9.17) is 10.8 Å². The van der Waals surface area contributed by atoms with Gasteiger partial charge in [0, 0.05) is 6.54 Å². The van der Waals surface area contributed by atoms with Crippen molar-refractivity contribution in [2.45, 2.75) is 25.0 Å². The highest BCUT2D eigenvalue weighted by molar-refractivity contribution is 5.81. The molecule has 18 heavy (non-hydrogen) atoms. The summed E-state index contributed by atoms with van der Waals surface area (Å²) in [6.07, 6.45) is 0.438. The summed E-state index contributed by atoms with van der Waals surface area (Å²) in [6, 6.07) is 8.80. The third kappa shape index (κ3) is 4.83. The van der Waals surface area contributed by atoms with E-state index in [-0.39, 0.29) is 12.5 Å². The maximum Gasteiger partial charge on any atom is 0.237 e. The molecule has 0 aliphatic rings. The molecule has 0 aliphatic carbocycles. The van der Waals surface area contributed by atoms with Gasteiger partial charge in [0.1, 0.15) is 5.60 Å². The lowest BCUT2D eigenvalue weighted by molar-refractivity contribution is -0.123. The van der Waals surface area contributed by atoms with Crippen molar-refractivity contribution in [3.05, 3.63) is 35.9 Å². The smallest absolute Gasteiger partial charge is 0.237 e. The van der Waals surface area contributed by atoms with Crippen LogP contribution in [-0.2, 0) is 11.2 Å². The number of nitrogens with two attached hydrogens (primary N) is 1. The Bertz CT molecular complexity index is 379. The molecule has 0 fully saturated rings. The first-order valence-electron chi connectivity index (χ1n) is 5.85. The molecule has 0 saturated carbocycles. The molecular weight excluding hydrogens is 232 g/mol. The average molecular weight is 252 g/mol. The van der Waals surface area contributed by atoms with Crippen molar-refractivity contribution in [2.75, 3.05) is 13.2 Å². The lowest BCUT2D eigenvalue weighted by Crippen LogP contribution is -2.49. The maximum atomic E-state index is 11.7. The molecule has 1 rings (SSSR count). The van der Waals surface area contributed by atoms with Crippen molar-refractivity contribution in [3.8, 4) is 0 Å². The van der Waals surface area contributed by atoms with Crippen LogP contribution >= 0.6 is 0 Å². The first-order valence-corrected chi connectivity index (χ1v) is 5.85. The van der Waals surface area contributed by atoms with Crippen LogP contribution in [0, 0.1) is 0 Å². The van der Waals surface area contributed by atoms with Crippen molar-refractivity contribution in [2.24, 2.45) is 5.73 Å². The Kier molecular flexibility index (Phi) is 5.27. The number of carbonyl (C=O) groups excluding carboxylic acids is 1. The zero-order chi connectivity index (χ0) is 13.6. The molecule has 1 aromatic rings. The highest BCUT2D eigenvalue weighted by Crippen LogP contribution is 2.03. The molecule has 100 valence electrons. The van der Waals surface area contributed by atoms with Crippen LogP contribution in [0.2, 0.25) is 0 Å². The largest absolute Gasteiger partial charge is 0.393 e. The maximum absolute atomic E-state index is 11.7. The molecule has 5 nitrogen and oxygen atoms in total. The predicted molar refractivity (Wildman–Crippen MR) is 68.8 cm³/mol. The second kappa shape index (κ2) is 6.49. The van der Waals surface area contributed by atoms with Crippen molar-refractivity contribution in [1.29, 1.82) is 0 Å². The van der Waals surface area contributed by atoms with E-state index in [2.05, 4.69) is 5.32 Å². The van der Waals surface area contributed by atoms with Gasteiger partial charge >= 0.3 is 0 Å². The van der Waals surface area contributed by atoms with Gasteiger partial charge in [-0.25, -0.2) is 0 Å². The highest BCUT2D eigenvalue weighted by Gasteiger charge is 2.21. The van der Waals surface area contributed by atoms with Gasteiger partial charge in [-0.05, 0) is 18.9 Å². The molecule has 0 spiro atoms. The normalized spacial score (nSPS) is 15.8. The SMILES string of the molecule is CC(O)(CO)CNC(=O)[C@H](N)Cc1ccccc1. The van der Waals surface area contributed by atoms with E-state index in [0.29, 0.717) is 6.42 Å². The Morgan fingerprint density at radius 1 is 1.44 bits per heavy atom. The molecule has 0 saturated heterocycles. The number of benzene rings is 1. The molecule has 1 amide bonds. The molecule has 0 bridgehead atoms. The zero-order valence-electron chi connectivity index (χ0n) is 10.5. The molecule has 0 aromatic heterocycles. The Hall–Kier alpha value is -1.43. The molecule has 5 heteroatoms. The monoisotopic (exact) mass is 252 g/mol. The molecule has 1 unspecified atom stereocenters. The molecular formula is C13H20N2O3. The fraction of sp³-hybridized carbons (Fsp3) is 0.462. The van der Waals surface area contributed by atoms with Gasteiger partial charge in [0.2, 0.25) is 5.91 Å². The topological polar surface area (TPSA) is 95.6 Å². The van der Waals surface area contributed by atoms with E-state index >= 15 is 0 Å². The van der Waals surface area contributed by atoms with E-state index in [1.165, 1.54) is 6.92 Å². The van der Waals surface area contributed by atoms with Crippen LogP contribution in [0.3, 0.4) is 0 Å². The van der Waals surface area contributed by atoms with Gasteiger partial charge in [0.25, 0.3) is 0 Å². The van der Waals surface area contributed by atoms with Crippen LogP contribution in [-0.4, -0.2) is 40.9 Å². The summed E-state index contributed by atoms with van der Waals surface area (Å²) >= 11 is 0. The van der Waals surface area contributed by atoms with Gasteiger partial charge in [0.05, 0.1) is 12.6 Å². The summed E-state index contributed by atoms with van der Waals surface area (Å²) in [5.41, 5.74) is 5.43. The van der Waals surface area contributed by atoms with E-state index in [1.54, 1.807) is 0 Å². The summed E-state index contributed by atoms with van der Waals surface area (Å²) in [5.74, 6) is -0.340. The Labute approximate surface area is 107 Å². The standard InChI is InChI=1S/C13H20N2O3/c1-13(18,9-16)8-15-12(17)11(14)7-10-5-3-2-4-6-10/h2-6,11,16,18H,7-9,14H2,1H3,(H,15,17)/t11-,13?/m1/s1. The third-order valence-electron chi connectivity index (χ3n) is 2.62. The summed E-state index contributed by atoms with van der Waals surface area (Å²) in [6.45, 7) is 1.00. The summed E-state index contributed by atoms with van der Waals surface area (Å²) in [5, 5.41) is 20.9. The van der Waals surface area contributed by atoms with Gasteiger partial charge in [0.15, 0.2) is 0 Å². The fourth-order valence-corrected chi connectivity index (χ4v) is 1.43. The minimum Gasteiger partial charge on any atom is -0.393 e. The van der Waals surface area contributed by atoms with Crippen LogP contribution in [0.15, 0.2) is 30.3 Å². The quantitative estimate of drug-likeness (QED) is 0.544. The molecule has 0 aliphatic heterocycles. The number of aliphatic hydroxyl groups excluding tert-OH is 1. The number of aliphatic hydroxyl groups is 2. The first-order chi connectivity index (χ1) is 8.44. The van der Waals surface area contributed by atoms with E-state index in [1.807, 2.05) is 30.3 Å². The Balaban J connectivity index is 2.43. The second-order valence-corrected chi connectivity index (χ2v) is 4.67. The van der Waals surface area contributed by atoms with Crippen molar-refractivity contribution >= 4 is 5.91 Å². The predicted octanol–water partition coefficient (Wildman–Crippen LogP) is -0.584. The van der Waals surface area contributed by atoms with E-state index in [9.17, 15) is 9.90 Å². The van der Waals surface area contributed by atoms with Crippen molar-refractivity contribution in [1.82, 2.24) is 5.32 Å². The van der Waals surface area contributed by atoms with Gasteiger partial charge < -0.3 is 21.3 Å². The van der Waals surface area contributed by atoms with E-state index in [0.717, 1.165) is 5.56 Å². The molecule has 0 radical (unpaired) electrons. The van der Waals surface area contributed by atoms with Gasteiger partial charge in [-0.1, -0.05) is 30.3 Å². The lowest BCUT2D eigenvalue weighted by Gasteiger charge is -2.22. The first kappa shape index (κ1) is 14.6. The van der Waals surface area contributed by atoms with Crippen LogP contribution in [0.4, 0.5) is 0 Å². The molecule has 0 heterocycles. The van der Waals surface area contributed by atoms with E-state index < -0.39 is 18.2 Å². The number of hydrogen-bond donors (Lipinski definition) is 4. The number of nitrogens with one attached hydrogen (secondary N) is 1. The number of carbonyl (C=O) groups is 1. The zero-order valence-corrected chi connectivity index (χ0v) is 10.5. The number of rotatable bonds is 6. The summed E-state index contributed by atoms with van der Waals surface area (Å²) in [4.78, 5) is 11.7. The van der Waals surface area contributed by atoms with Crippen LogP contribution in [0.5, 0.6) is 0 Å². The minimum absolute atomic E-state index is 0.0230. The third-order valence-corrected chi connectivity index (χ3v) is 2.62. The molecule has 5 N–H and O–H groups in total. The minimum atomic E-state index is -1.32. The highest BCUT2D eigenvalue weighted by atomic mass is 16.3. The molecule has 2 atom stereocenters. The van der Waals surface area contributed by atoms with Crippen LogP contribution in [0.25, 0.3) is 0 Å². The van der Waals surface area contributed by atoms with Crippen LogP contribution in [0.1, 0.15) is 12.5 Å². The summed E-state index contributed by atoms with van der Waals surface area (Å²) in [7, 11) is 0. The lowest BCUT2D eigenvalue weighted by atomic mass is 10.1. The van der Waals surface area contributed by atoms with Gasteiger partial charge in [-0.3, -0.25) is 4.79 Å². The molecule has 1 aromatic carbocycles. The van der Waals surface area contributed by atoms with Gasteiger partial charge in [-0.15, -0.1) is 0 Å². The Morgan fingerprint density at radius 3 is 2.61 bits per heavy atom.